The van der Waals surface area contributed by atoms with Crippen molar-refractivity contribution in [3.63, 3.8) is 0 Å². The molecular formula is C14H14ClN3O3. The number of non-ortho nitro benzene ring substituents is 1. The number of nitrogens with zero attached hydrogens (tertiary/aromatic N) is 3. The lowest BCUT2D eigenvalue weighted by Gasteiger charge is -2.33. The predicted molar refractivity (Wildman–Crippen MR) is 77.0 cm³/mol. The summed E-state index contributed by atoms with van der Waals surface area (Å²) in [5.41, 5.74) is -1.14. The largest absolute Gasteiger partial charge is 0.317 e. The smallest absolute Gasteiger partial charge is 0.270 e. The Morgan fingerprint density at radius 1 is 1.52 bits per heavy atom. The molecule has 0 spiro atoms. The Hall–Kier alpha value is -2.13. The second-order valence-corrected chi connectivity index (χ2v) is 5.91. The molecule has 0 heterocycles. The molecule has 0 bridgehead atoms. The van der Waals surface area contributed by atoms with Gasteiger partial charge in [0, 0.05) is 18.2 Å². The molecule has 2 rings (SSSR count). The van der Waals surface area contributed by atoms with Gasteiger partial charge in [-0.15, -0.1) is 0 Å². The van der Waals surface area contributed by atoms with E-state index in [9.17, 15) is 20.2 Å². The molecule has 21 heavy (non-hydrogen) atoms. The van der Waals surface area contributed by atoms with Crippen molar-refractivity contribution in [2.75, 3.05) is 0 Å². The van der Waals surface area contributed by atoms with E-state index in [4.69, 9.17) is 11.6 Å². The monoisotopic (exact) mass is 307 g/mol. The van der Waals surface area contributed by atoms with Crippen LogP contribution in [0.4, 0.5) is 5.69 Å². The minimum Gasteiger partial charge on any atom is -0.317 e. The summed E-state index contributed by atoms with van der Waals surface area (Å²) in [6.07, 6.45) is 1.65. The first-order chi connectivity index (χ1) is 9.77. The number of hydrogen-bond acceptors (Lipinski definition) is 4. The van der Waals surface area contributed by atoms with Crippen molar-refractivity contribution < 1.29 is 9.72 Å². The first-order valence-corrected chi connectivity index (χ1v) is 6.84. The van der Waals surface area contributed by atoms with Crippen LogP contribution in [-0.2, 0) is 0 Å². The molecule has 1 aromatic carbocycles. The SMILES string of the molecule is CC(C)(C#N)N(C(=O)c1cc([N+](=O)[O-])ccc1Cl)C1CC1. The highest BCUT2D eigenvalue weighted by Crippen LogP contribution is 2.35. The maximum Gasteiger partial charge on any atom is 0.270 e. The summed E-state index contributed by atoms with van der Waals surface area (Å²) < 4.78 is 0. The first-order valence-electron chi connectivity index (χ1n) is 6.47. The van der Waals surface area contributed by atoms with Gasteiger partial charge in [0.1, 0.15) is 5.54 Å². The fourth-order valence-corrected chi connectivity index (χ4v) is 2.38. The lowest BCUT2D eigenvalue weighted by atomic mass is 10.0. The van der Waals surface area contributed by atoms with Gasteiger partial charge in [0.05, 0.1) is 21.6 Å². The third-order valence-corrected chi connectivity index (χ3v) is 3.73. The highest BCUT2D eigenvalue weighted by atomic mass is 35.5. The maximum atomic E-state index is 12.7. The second-order valence-electron chi connectivity index (χ2n) is 5.50. The summed E-state index contributed by atoms with van der Waals surface area (Å²) >= 11 is 6.01. The van der Waals surface area contributed by atoms with Gasteiger partial charge in [-0.1, -0.05) is 11.6 Å². The molecule has 0 aromatic heterocycles. The number of benzene rings is 1. The minimum absolute atomic E-state index is 0.0116. The Morgan fingerprint density at radius 2 is 2.14 bits per heavy atom. The van der Waals surface area contributed by atoms with E-state index in [1.807, 2.05) is 0 Å². The summed E-state index contributed by atoms with van der Waals surface area (Å²) in [6, 6.07) is 5.82. The molecule has 1 aromatic rings. The van der Waals surface area contributed by atoms with Gasteiger partial charge in [0.2, 0.25) is 0 Å². The van der Waals surface area contributed by atoms with E-state index in [1.165, 1.54) is 17.0 Å². The van der Waals surface area contributed by atoms with Crippen LogP contribution in [0.25, 0.3) is 0 Å². The van der Waals surface area contributed by atoms with Crippen molar-refractivity contribution in [3.05, 3.63) is 38.9 Å². The molecular weight excluding hydrogens is 294 g/mol. The molecule has 0 atom stereocenters. The van der Waals surface area contributed by atoms with E-state index in [-0.39, 0.29) is 22.3 Å². The molecule has 0 unspecified atom stereocenters. The molecule has 1 fully saturated rings. The number of carbonyl (C=O) groups excluding carboxylic acids is 1. The molecule has 1 amide bonds. The van der Waals surface area contributed by atoms with Crippen LogP contribution in [0.15, 0.2) is 18.2 Å². The quantitative estimate of drug-likeness (QED) is 0.631. The maximum absolute atomic E-state index is 12.7. The van der Waals surface area contributed by atoms with Crippen LogP contribution in [0, 0.1) is 21.4 Å². The minimum atomic E-state index is -0.994. The van der Waals surface area contributed by atoms with E-state index in [2.05, 4.69) is 6.07 Å². The topological polar surface area (TPSA) is 87.2 Å². The summed E-state index contributed by atoms with van der Waals surface area (Å²) in [5.74, 6) is -0.447. The Labute approximate surface area is 127 Å². The van der Waals surface area contributed by atoms with Gasteiger partial charge in [0.15, 0.2) is 0 Å². The van der Waals surface area contributed by atoms with Crippen molar-refractivity contribution in [1.29, 1.82) is 5.26 Å². The lowest BCUT2D eigenvalue weighted by Crippen LogP contribution is -2.48. The van der Waals surface area contributed by atoms with Crippen LogP contribution in [0.2, 0.25) is 5.02 Å². The molecule has 0 N–H and O–H groups in total. The van der Waals surface area contributed by atoms with Crippen LogP contribution < -0.4 is 0 Å². The molecule has 0 aliphatic heterocycles. The van der Waals surface area contributed by atoms with Crippen LogP contribution in [0.3, 0.4) is 0 Å². The number of hydrogen-bond donors (Lipinski definition) is 0. The van der Waals surface area contributed by atoms with Crippen molar-refractivity contribution in [1.82, 2.24) is 4.90 Å². The third kappa shape index (κ3) is 2.98. The Morgan fingerprint density at radius 3 is 2.62 bits per heavy atom. The van der Waals surface area contributed by atoms with Crippen molar-refractivity contribution >= 4 is 23.2 Å². The lowest BCUT2D eigenvalue weighted by molar-refractivity contribution is -0.384. The van der Waals surface area contributed by atoms with Gasteiger partial charge >= 0.3 is 0 Å². The number of nitro groups is 1. The fraction of sp³-hybridized carbons (Fsp3) is 0.429. The van der Waals surface area contributed by atoms with Crippen LogP contribution in [-0.4, -0.2) is 27.3 Å². The van der Waals surface area contributed by atoms with Crippen LogP contribution >= 0.6 is 11.6 Å². The molecule has 0 saturated heterocycles. The number of rotatable bonds is 4. The third-order valence-electron chi connectivity index (χ3n) is 3.40. The van der Waals surface area contributed by atoms with Crippen molar-refractivity contribution in [2.45, 2.75) is 38.3 Å². The summed E-state index contributed by atoms with van der Waals surface area (Å²) in [4.78, 5) is 24.4. The van der Waals surface area contributed by atoms with Gasteiger partial charge in [-0.05, 0) is 32.8 Å². The standard InChI is InChI=1S/C14H14ClN3O3/c1-14(2,8-16)17(9-3-4-9)13(19)11-7-10(18(20)21)5-6-12(11)15/h5-7,9H,3-4H2,1-2H3. The van der Waals surface area contributed by atoms with Gasteiger partial charge in [-0.3, -0.25) is 14.9 Å². The summed E-state index contributed by atoms with van der Waals surface area (Å²) in [6.45, 7) is 3.29. The highest BCUT2D eigenvalue weighted by Gasteiger charge is 2.43. The van der Waals surface area contributed by atoms with E-state index in [0.717, 1.165) is 18.9 Å². The van der Waals surface area contributed by atoms with Gasteiger partial charge < -0.3 is 4.90 Å². The summed E-state index contributed by atoms with van der Waals surface area (Å²) in [5, 5.41) is 20.2. The fourth-order valence-electron chi connectivity index (χ4n) is 2.18. The van der Waals surface area contributed by atoms with Crippen LogP contribution in [0.1, 0.15) is 37.0 Å². The molecule has 1 aliphatic carbocycles. The second kappa shape index (κ2) is 5.34. The van der Waals surface area contributed by atoms with E-state index in [1.54, 1.807) is 13.8 Å². The molecule has 0 radical (unpaired) electrons. The normalized spacial score (nSPS) is 14.4. The van der Waals surface area contributed by atoms with Gasteiger partial charge in [-0.25, -0.2) is 0 Å². The Balaban J connectivity index is 2.45. The zero-order valence-corrected chi connectivity index (χ0v) is 12.4. The van der Waals surface area contributed by atoms with Crippen molar-refractivity contribution in [3.8, 4) is 6.07 Å². The molecule has 7 heteroatoms. The zero-order chi connectivity index (χ0) is 15.8. The number of halogens is 1. The number of amides is 1. The number of nitriles is 1. The average molecular weight is 308 g/mol. The van der Waals surface area contributed by atoms with E-state index in [0.29, 0.717) is 0 Å². The predicted octanol–water partition coefficient (Wildman–Crippen LogP) is 3.15. The number of nitro benzene ring substituents is 1. The molecule has 1 aliphatic rings. The Bertz CT molecular complexity index is 647. The van der Waals surface area contributed by atoms with Crippen molar-refractivity contribution in [2.24, 2.45) is 0 Å². The molecule has 1 saturated carbocycles. The molecule has 6 nitrogen and oxygen atoms in total. The highest BCUT2D eigenvalue weighted by molar-refractivity contribution is 6.34. The van der Waals surface area contributed by atoms with Gasteiger partial charge in [-0.2, -0.15) is 5.26 Å². The number of carbonyl (C=O) groups is 1. The summed E-state index contributed by atoms with van der Waals surface area (Å²) in [7, 11) is 0. The van der Waals surface area contributed by atoms with E-state index < -0.39 is 16.4 Å². The van der Waals surface area contributed by atoms with Crippen LogP contribution in [0.5, 0.6) is 0 Å². The van der Waals surface area contributed by atoms with E-state index >= 15 is 0 Å². The first kappa shape index (κ1) is 15.3. The average Bonchev–Trinajstić information content (AvgIpc) is 3.23. The Kier molecular flexibility index (Phi) is 3.88. The zero-order valence-electron chi connectivity index (χ0n) is 11.7. The van der Waals surface area contributed by atoms with Gasteiger partial charge in [0.25, 0.3) is 11.6 Å². The molecule has 110 valence electrons.